The van der Waals surface area contributed by atoms with E-state index in [1.165, 1.54) is 27.9 Å². The van der Waals surface area contributed by atoms with Crippen molar-refractivity contribution < 1.29 is 0 Å². The van der Waals surface area contributed by atoms with Crippen LogP contribution in [0.15, 0.2) is 42.6 Å². The van der Waals surface area contributed by atoms with Crippen LogP contribution in [0, 0.1) is 11.3 Å². The highest BCUT2D eigenvalue weighted by atomic mass is 35.5. The molecule has 4 rings (SSSR count). The van der Waals surface area contributed by atoms with Crippen molar-refractivity contribution in [2.45, 2.75) is 38.0 Å². The first-order chi connectivity index (χ1) is 11.4. The minimum absolute atomic E-state index is 0.0125. The third-order valence-electron chi connectivity index (χ3n) is 6.32. The molecule has 0 fully saturated rings. The van der Waals surface area contributed by atoms with Gasteiger partial charge in [-0.3, -0.25) is 0 Å². The van der Waals surface area contributed by atoms with Gasteiger partial charge in [-0.25, -0.2) is 0 Å². The normalized spacial score (nSPS) is 31.0. The van der Waals surface area contributed by atoms with Gasteiger partial charge in [0.15, 0.2) is 0 Å². The van der Waals surface area contributed by atoms with Gasteiger partial charge in [-0.15, -0.1) is 29.4 Å². The van der Waals surface area contributed by atoms with Crippen LogP contribution in [-0.2, 0) is 5.41 Å². The quantitative estimate of drug-likeness (QED) is 0.626. The number of fused-ring (bicyclic) bond motifs is 5. The first-order valence-corrected chi connectivity index (χ1v) is 9.06. The van der Waals surface area contributed by atoms with Crippen molar-refractivity contribution in [3.63, 3.8) is 0 Å². The summed E-state index contributed by atoms with van der Waals surface area (Å²) in [6, 6.07) is 8.46. The van der Waals surface area contributed by atoms with E-state index in [4.69, 9.17) is 16.6 Å². The summed E-state index contributed by atoms with van der Waals surface area (Å²) in [5, 5.41) is 4.76. The molecule has 2 nitrogen and oxygen atoms in total. The second-order valence-corrected chi connectivity index (χ2v) is 8.38. The van der Waals surface area contributed by atoms with Crippen LogP contribution in [0.1, 0.15) is 38.4 Å². The van der Waals surface area contributed by atoms with Gasteiger partial charge in [0.25, 0.3) is 0 Å². The summed E-state index contributed by atoms with van der Waals surface area (Å²) in [4.78, 5) is 5.01. The van der Waals surface area contributed by atoms with Gasteiger partial charge in [0, 0.05) is 23.5 Å². The van der Waals surface area contributed by atoms with Crippen LogP contribution in [0.25, 0.3) is 16.5 Å². The third-order valence-corrected chi connectivity index (χ3v) is 6.95. The molecule has 126 valence electrons. The molecule has 1 aromatic heterocycles. The van der Waals surface area contributed by atoms with Gasteiger partial charge in [-0.05, 0) is 41.2 Å². The number of nitrogens with one attached hydrogen (secondary N) is 1. The zero-order valence-corrected chi connectivity index (χ0v) is 15.5. The second kappa shape index (κ2) is 4.92. The summed E-state index contributed by atoms with van der Waals surface area (Å²) in [6.07, 6.45) is 2.95. The molecular formula is C21H24ClN2-. The molecule has 0 aliphatic heterocycles. The molecular weight excluding hydrogens is 316 g/mol. The Bertz CT molecular complexity index is 873. The van der Waals surface area contributed by atoms with E-state index in [9.17, 15) is 0 Å². The van der Waals surface area contributed by atoms with Crippen LogP contribution < -0.4 is 10.3 Å². The average Bonchev–Trinajstić information content (AvgIpc) is 3.04. The molecule has 1 aromatic carbocycles. The SMILES string of the molecule is C=CC1(C)C(NC)=C2c3c([n-]c4ccccc34)C(C)(C)C2CC1Cl. The van der Waals surface area contributed by atoms with E-state index < -0.39 is 0 Å². The van der Waals surface area contributed by atoms with E-state index in [1.807, 2.05) is 13.1 Å². The molecule has 2 aromatic rings. The number of aromatic nitrogens is 1. The predicted molar refractivity (Wildman–Crippen MR) is 102 cm³/mol. The van der Waals surface area contributed by atoms with Crippen molar-refractivity contribution >= 4 is 28.1 Å². The molecule has 0 saturated carbocycles. The molecule has 0 radical (unpaired) electrons. The Morgan fingerprint density at radius 3 is 2.67 bits per heavy atom. The number of hydrogen-bond donors (Lipinski definition) is 1. The summed E-state index contributed by atoms with van der Waals surface area (Å²) < 4.78 is 0. The summed E-state index contributed by atoms with van der Waals surface area (Å²) in [5.74, 6) is 0.387. The lowest BCUT2D eigenvalue weighted by molar-refractivity contribution is 0.308. The van der Waals surface area contributed by atoms with Gasteiger partial charge in [0.1, 0.15) is 0 Å². The summed E-state index contributed by atoms with van der Waals surface area (Å²) in [6.45, 7) is 10.9. The average molecular weight is 340 g/mol. The Kier molecular flexibility index (Phi) is 3.25. The van der Waals surface area contributed by atoms with Crippen molar-refractivity contribution in [2.24, 2.45) is 11.3 Å². The molecule has 1 N–H and O–H groups in total. The highest BCUT2D eigenvalue weighted by molar-refractivity contribution is 6.22. The zero-order valence-electron chi connectivity index (χ0n) is 14.8. The lowest BCUT2D eigenvalue weighted by Gasteiger charge is -2.45. The molecule has 0 saturated heterocycles. The van der Waals surface area contributed by atoms with Gasteiger partial charge >= 0.3 is 0 Å². The number of benzene rings is 1. The first-order valence-electron chi connectivity index (χ1n) is 8.62. The predicted octanol–water partition coefficient (Wildman–Crippen LogP) is 4.84. The summed E-state index contributed by atoms with van der Waals surface area (Å²) in [5.41, 5.74) is 5.96. The van der Waals surface area contributed by atoms with Gasteiger partial charge in [0.2, 0.25) is 0 Å². The van der Waals surface area contributed by atoms with Crippen molar-refractivity contribution in [1.29, 1.82) is 0 Å². The summed E-state index contributed by atoms with van der Waals surface area (Å²) in [7, 11) is 2.00. The number of allylic oxidation sites excluding steroid dienone is 2. The number of halogens is 1. The topological polar surface area (TPSA) is 26.1 Å². The van der Waals surface area contributed by atoms with Gasteiger partial charge in [-0.2, -0.15) is 0 Å². The molecule has 0 amide bonds. The van der Waals surface area contributed by atoms with Gasteiger partial charge < -0.3 is 10.3 Å². The molecule has 1 heterocycles. The molecule has 3 heteroatoms. The number of para-hydroxylation sites is 1. The maximum atomic E-state index is 6.85. The lowest BCUT2D eigenvalue weighted by atomic mass is 9.65. The Balaban J connectivity index is 2.12. The van der Waals surface area contributed by atoms with E-state index in [0.717, 1.165) is 11.9 Å². The van der Waals surface area contributed by atoms with E-state index in [1.54, 1.807) is 0 Å². The molecule has 0 spiro atoms. The highest BCUT2D eigenvalue weighted by Crippen LogP contribution is 2.60. The number of nitrogens with zero attached hydrogens (tertiary/aromatic N) is 1. The third kappa shape index (κ3) is 1.73. The maximum Gasteiger partial charge on any atom is 0.0485 e. The van der Waals surface area contributed by atoms with Crippen LogP contribution in [0.3, 0.4) is 0 Å². The van der Waals surface area contributed by atoms with Crippen molar-refractivity contribution in [1.82, 2.24) is 10.3 Å². The fourth-order valence-electron chi connectivity index (χ4n) is 4.77. The van der Waals surface area contributed by atoms with E-state index >= 15 is 0 Å². The summed E-state index contributed by atoms with van der Waals surface area (Å²) >= 11 is 6.85. The Morgan fingerprint density at radius 2 is 2.00 bits per heavy atom. The molecule has 2 aliphatic carbocycles. The van der Waals surface area contributed by atoms with Crippen LogP contribution in [0.5, 0.6) is 0 Å². The Labute approximate surface area is 149 Å². The lowest BCUT2D eigenvalue weighted by Crippen LogP contribution is -2.42. The van der Waals surface area contributed by atoms with Gasteiger partial charge in [0.05, 0.1) is 0 Å². The van der Waals surface area contributed by atoms with Gasteiger partial charge in [-0.1, -0.05) is 44.2 Å². The Morgan fingerprint density at radius 1 is 1.29 bits per heavy atom. The van der Waals surface area contributed by atoms with Crippen LogP contribution in [0.4, 0.5) is 0 Å². The fourth-order valence-corrected chi connectivity index (χ4v) is 5.15. The monoisotopic (exact) mass is 339 g/mol. The van der Waals surface area contributed by atoms with E-state index in [-0.39, 0.29) is 16.2 Å². The molecule has 24 heavy (non-hydrogen) atoms. The standard InChI is InChI=1S/C21H24ClN2/c1-6-21(4)15(22)11-13-17(19(21)23-5)16-12-9-7-8-10-14(12)24-18(16)20(13,2)3/h6-10,13,15,23H,1,11H2,2-5H3/q-1. The van der Waals surface area contributed by atoms with E-state index in [2.05, 4.69) is 56.9 Å². The minimum atomic E-state index is -0.252. The Hall–Kier alpha value is -1.67. The number of alkyl halides is 1. The molecule has 3 unspecified atom stereocenters. The smallest absolute Gasteiger partial charge is 0.0485 e. The first kappa shape index (κ1) is 15.8. The number of hydrogen-bond acceptors (Lipinski definition) is 1. The van der Waals surface area contributed by atoms with Crippen molar-refractivity contribution in [2.75, 3.05) is 7.05 Å². The number of rotatable bonds is 2. The highest BCUT2D eigenvalue weighted by Gasteiger charge is 2.51. The second-order valence-electron chi connectivity index (χ2n) is 7.86. The molecule has 0 bridgehead atoms. The van der Waals surface area contributed by atoms with Crippen LogP contribution in [-0.4, -0.2) is 12.4 Å². The zero-order chi connectivity index (χ0) is 17.3. The van der Waals surface area contributed by atoms with Crippen LogP contribution in [0.2, 0.25) is 0 Å². The molecule has 2 aliphatic rings. The van der Waals surface area contributed by atoms with Crippen molar-refractivity contribution in [3.05, 3.63) is 53.9 Å². The molecule has 3 atom stereocenters. The van der Waals surface area contributed by atoms with Crippen molar-refractivity contribution in [3.8, 4) is 0 Å². The fraction of sp³-hybridized carbons (Fsp3) is 0.429. The van der Waals surface area contributed by atoms with Crippen LogP contribution >= 0.6 is 11.6 Å². The minimum Gasteiger partial charge on any atom is -0.660 e. The largest absolute Gasteiger partial charge is 0.660 e. The van der Waals surface area contributed by atoms with E-state index in [0.29, 0.717) is 5.92 Å². The maximum absolute atomic E-state index is 6.85.